The van der Waals surface area contributed by atoms with E-state index < -0.39 is 0 Å². The van der Waals surface area contributed by atoms with E-state index in [1.165, 1.54) is 0 Å². The summed E-state index contributed by atoms with van der Waals surface area (Å²) in [5.74, 6) is 0. The van der Waals surface area contributed by atoms with Crippen molar-refractivity contribution in [2.45, 2.75) is 6.42 Å². The van der Waals surface area contributed by atoms with E-state index in [2.05, 4.69) is 17.9 Å². The lowest BCUT2D eigenvalue weighted by Crippen LogP contribution is -2.00. The van der Waals surface area contributed by atoms with Gasteiger partial charge in [0.2, 0.25) is 0 Å². The van der Waals surface area contributed by atoms with Crippen molar-refractivity contribution in [3.63, 3.8) is 0 Å². The van der Waals surface area contributed by atoms with Gasteiger partial charge in [0, 0.05) is 0 Å². The van der Waals surface area contributed by atoms with Crippen LogP contribution in [0.25, 0.3) is 0 Å². The number of thiol groups is 1. The number of dihydropyridines is 1. The van der Waals surface area contributed by atoms with Crippen molar-refractivity contribution >= 4 is 12.6 Å². The van der Waals surface area contributed by atoms with Gasteiger partial charge in [-0.1, -0.05) is 12.2 Å². The predicted octanol–water partition coefficient (Wildman–Crippen LogP) is 1.26. The monoisotopic (exact) mass is 113 g/mol. The normalized spacial score (nSPS) is 18.1. The summed E-state index contributed by atoms with van der Waals surface area (Å²) < 4.78 is 0. The van der Waals surface area contributed by atoms with Crippen LogP contribution in [0.5, 0.6) is 0 Å². The summed E-state index contributed by atoms with van der Waals surface area (Å²) in [5.41, 5.74) is 0. The maximum absolute atomic E-state index is 4.06. The molecule has 0 radical (unpaired) electrons. The van der Waals surface area contributed by atoms with Crippen molar-refractivity contribution in [3.8, 4) is 0 Å². The molecule has 0 unspecified atom stereocenters. The Morgan fingerprint density at radius 3 is 2.86 bits per heavy atom. The van der Waals surface area contributed by atoms with Gasteiger partial charge in [-0.05, 0) is 12.6 Å². The molecule has 1 aliphatic rings. The molecule has 38 valence electrons. The highest BCUT2D eigenvalue weighted by molar-refractivity contribution is 7.84. The molecule has 0 aliphatic carbocycles. The van der Waals surface area contributed by atoms with Crippen LogP contribution in [0.15, 0.2) is 23.4 Å². The second-order valence-electron chi connectivity index (χ2n) is 1.37. The first kappa shape index (κ1) is 4.78. The number of nitrogens with one attached hydrogen (secondary N) is 1. The van der Waals surface area contributed by atoms with Crippen molar-refractivity contribution in [1.29, 1.82) is 0 Å². The molecule has 0 aromatic carbocycles. The summed E-state index contributed by atoms with van der Waals surface area (Å²) in [5, 5.41) is 3.87. The first-order valence-corrected chi connectivity index (χ1v) is 2.65. The quantitative estimate of drug-likeness (QED) is 0.451. The van der Waals surface area contributed by atoms with Gasteiger partial charge in [-0.3, -0.25) is 0 Å². The van der Waals surface area contributed by atoms with Gasteiger partial charge in [0.1, 0.15) is 0 Å². The van der Waals surface area contributed by atoms with Crippen molar-refractivity contribution in [2.24, 2.45) is 0 Å². The van der Waals surface area contributed by atoms with Crippen molar-refractivity contribution < 1.29 is 0 Å². The number of allylic oxidation sites excluding steroid dienone is 2. The number of hydrogen-bond donors (Lipinski definition) is 2. The van der Waals surface area contributed by atoms with E-state index in [9.17, 15) is 0 Å². The molecule has 2 heteroatoms. The van der Waals surface area contributed by atoms with Crippen LogP contribution in [0.1, 0.15) is 6.42 Å². The van der Waals surface area contributed by atoms with Gasteiger partial charge in [0.05, 0.1) is 5.03 Å². The second kappa shape index (κ2) is 2.07. The first-order chi connectivity index (χ1) is 3.39. The van der Waals surface area contributed by atoms with Crippen molar-refractivity contribution in [1.82, 2.24) is 5.32 Å². The Kier molecular flexibility index (Phi) is 1.42. The highest BCUT2D eigenvalue weighted by Gasteiger charge is 1.86. The third-order valence-corrected chi connectivity index (χ3v) is 1.11. The van der Waals surface area contributed by atoms with E-state index in [1.54, 1.807) is 0 Å². The summed E-state index contributed by atoms with van der Waals surface area (Å²) in [7, 11) is 0. The highest BCUT2D eigenvalue weighted by Crippen LogP contribution is 2.01. The zero-order chi connectivity index (χ0) is 5.11. The van der Waals surface area contributed by atoms with E-state index in [1.807, 2.05) is 18.4 Å². The minimum atomic E-state index is 0.947. The van der Waals surface area contributed by atoms with Crippen molar-refractivity contribution in [3.05, 3.63) is 23.4 Å². The summed E-state index contributed by atoms with van der Waals surface area (Å²) in [6, 6.07) is 0. The Morgan fingerprint density at radius 2 is 2.57 bits per heavy atom. The smallest absolute Gasteiger partial charge is 0.0652 e. The van der Waals surface area contributed by atoms with E-state index in [4.69, 9.17) is 0 Å². The zero-order valence-electron chi connectivity index (χ0n) is 3.89. The van der Waals surface area contributed by atoms with Crippen LogP contribution in [0.3, 0.4) is 0 Å². The van der Waals surface area contributed by atoms with Gasteiger partial charge >= 0.3 is 0 Å². The van der Waals surface area contributed by atoms with Gasteiger partial charge < -0.3 is 5.32 Å². The van der Waals surface area contributed by atoms with Crippen LogP contribution >= 0.6 is 12.6 Å². The molecule has 1 heterocycles. The van der Waals surface area contributed by atoms with Crippen LogP contribution < -0.4 is 5.32 Å². The summed E-state index contributed by atoms with van der Waals surface area (Å²) in [6.07, 6.45) is 6.96. The van der Waals surface area contributed by atoms with E-state index in [-0.39, 0.29) is 0 Å². The first-order valence-electron chi connectivity index (χ1n) is 2.20. The molecular formula is C5H7NS. The molecule has 0 saturated carbocycles. The van der Waals surface area contributed by atoms with E-state index in [0.29, 0.717) is 0 Å². The van der Waals surface area contributed by atoms with E-state index >= 15 is 0 Å². The number of rotatable bonds is 0. The van der Waals surface area contributed by atoms with Gasteiger partial charge in [-0.25, -0.2) is 0 Å². The maximum atomic E-state index is 4.06. The Bertz CT molecular complexity index is 115. The lowest BCUT2D eigenvalue weighted by atomic mass is 10.4. The Hall–Kier alpha value is -0.370. The molecule has 0 aromatic rings. The Morgan fingerprint density at radius 1 is 1.71 bits per heavy atom. The maximum Gasteiger partial charge on any atom is 0.0652 e. The fourth-order valence-electron chi connectivity index (χ4n) is 0.451. The molecule has 0 spiro atoms. The van der Waals surface area contributed by atoms with Gasteiger partial charge in [0.15, 0.2) is 0 Å². The van der Waals surface area contributed by atoms with Crippen molar-refractivity contribution in [2.75, 3.05) is 0 Å². The van der Waals surface area contributed by atoms with Crippen LogP contribution in [-0.4, -0.2) is 0 Å². The largest absolute Gasteiger partial charge is 0.357 e. The zero-order valence-corrected chi connectivity index (χ0v) is 4.78. The molecule has 0 saturated heterocycles. The molecule has 7 heavy (non-hydrogen) atoms. The van der Waals surface area contributed by atoms with Crippen LogP contribution in [-0.2, 0) is 0 Å². The topological polar surface area (TPSA) is 12.0 Å². The standard InChI is InChI=1S/C5H7NS/c7-5-3-1-2-4-6-5/h2-4,6-7H,1H2. The minimum absolute atomic E-state index is 0.947. The average molecular weight is 113 g/mol. The molecule has 1 rings (SSSR count). The molecule has 1 N–H and O–H groups in total. The molecule has 0 amide bonds. The third kappa shape index (κ3) is 1.27. The molecule has 0 bridgehead atoms. The Balaban J connectivity index is 2.50. The van der Waals surface area contributed by atoms with Crippen LogP contribution in [0, 0.1) is 0 Å². The summed E-state index contributed by atoms with van der Waals surface area (Å²) in [4.78, 5) is 0. The van der Waals surface area contributed by atoms with E-state index in [0.717, 1.165) is 11.4 Å². The summed E-state index contributed by atoms with van der Waals surface area (Å²) >= 11 is 4.06. The fourth-order valence-corrected chi connectivity index (χ4v) is 0.631. The predicted molar refractivity (Wildman–Crippen MR) is 34.0 cm³/mol. The fraction of sp³-hybridized carbons (Fsp3) is 0.200. The lowest BCUT2D eigenvalue weighted by molar-refractivity contribution is 1.09. The number of hydrogen-bond acceptors (Lipinski definition) is 2. The SMILES string of the molecule is SC1=CCC=CN1. The molecule has 0 aromatic heterocycles. The summed E-state index contributed by atoms with van der Waals surface area (Å²) in [6.45, 7) is 0. The van der Waals surface area contributed by atoms with Gasteiger partial charge in [0.25, 0.3) is 0 Å². The molecular weight excluding hydrogens is 106 g/mol. The second-order valence-corrected chi connectivity index (χ2v) is 1.85. The third-order valence-electron chi connectivity index (χ3n) is 0.796. The molecule has 0 fully saturated rings. The highest BCUT2D eigenvalue weighted by atomic mass is 32.1. The molecule has 1 aliphatic heterocycles. The van der Waals surface area contributed by atoms with Gasteiger partial charge in [-0.2, -0.15) is 0 Å². The lowest BCUT2D eigenvalue weighted by Gasteiger charge is -2.01. The Labute approximate surface area is 48.5 Å². The minimum Gasteiger partial charge on any atom is -0.357 e. The molecule has 1 nitrogen and oxygen atoms in total. The van der Waals surface area contributed by atoms with Crippen LogP contribution in [0.4, 0.5) is 0 Å². The average Bonchev–Trinajstić information content (AvgIpc) is 1.69. The van der Waals surface area contributed by atoms with Crippen LogP contribution in [0.2, 0.25) is 0 Å². The molecule has 0 atom stereocenters. The van der Waals surface area contributed by atoms with Gasteiger partial charge in [-0.15, -0.1) is 12.6 Å².